The molecule has 5 N–H and O–H groups in total. The van der Waals surface area contributed by atoms with E-state index in [0.29, 0.717) is 47.4 Å². The van der Waals surface area contributed by atoms with Gasteiger partial charge in [0.1, 0.15) is 29.2 Å². The number of phenols is 1. The number of aryl methyl sites for hydroxylation is 1. The fourth-order valence-electron chi connectivity index (χ4n) is 6.78. The van der Waals surface area contributed by atoms with Crippen molar-refractivity contribution in [3.63, 3.8) is 0 Å². The van der Waals surface area contributed by atoms with Crippen LogP contribution in [0.4, 0.5) is 0 Å². The summed E-state index contributed by atoms with van der Waals surface area (Å²) in [6, 6.07) is 3.05. The molecule has 0 bridgehead atoms. The summed E-state index contributed by atoms with van der Waals surface area (Å²) in [6.07, 6.45) is 7.94. The van der Waals surface area contributed by atoms with Crippen LogP contribution in [0.15, 0.2) is 30.4 Å². The van der Waals surface area contributed by atoms with Crippen molar-refractivity contribution in [2.24, 2.45) is 11.7 Å². The van der Waals surface area contributed by atoms with E-state index in [2.05, 4.69) is 15.0 Å². The molecule has 3 amide bonds. The number of rotatable bonds is 7. The molecule has 13 nitrogen and oxygen atoms in total. The molecule has 5 atom stereocenters. The van der Waals surface area contributed by atoms with Gasteiger partial charge in [-0.3, -0.25) is 19.1 Å². The van der Waals surface area contributed by atoms with E-state index >= 15 is 0 Å². The van der Waals surface area contributed by atoms with Crippen LogP contribution in [0.1, 0.15) is 84.1 Å². The van der Waals surface area contributed by atoms with Crippen LogP contribution >= 0.6 is 0 Å². The zero-order valence-electron chi connectivity index (χ0n) is 28.5. The maximum atomic E-state index is 14.2. The molecule has 1 aromatic heterocycles. The first kappa shape index (κ1) is 34.9. The van der Waals surface area contributed by atoms with Gasteiger partial charge in [-0.05, 0) is 78.4 Å². The number of benzene rings is 1. The maximum Gasteiger partial charge on any atom is 0.259 e. The molecule has 2 saturated carbocycles. The van der Waals surface area contributed by atoms with E-state index in [9.17, 15) is 27.9 Å². The van der Waals surface area contributed by atoms with Crippen LogP contribution < -0.4 is 25.2 Å². The number of aromatic hydroxyl groups is 1. The number of allylic oxidation sites excluding steroid dienone is 1. The Balaban J connectivity index is 1.31. The Labute approximate surface area is 287 Å². The van der Waals surface area contributed by atoms with Crippen molar-refractivity contribution >= 4 is 38.6 Å². The third kappa shape index (κ3) is 6.94. The Kier molecular flexibility index (Phi) is 9.33. The van der Waals surface area contributed by atoms with Gasteiger partial charge in [-0.15, -0.1) is 0 Å². The van der Waals surface area contributed by atoms with Crippen molar-refractivity contribution in [2.45, 2.75) is 120 Å². The highest BCUT2D eigenvalue weighted by molar-refractivity contribution is 7.91. The molecular weight excluding hydrogens is 650 g/mol. The largest absolute Gasteiger partial charge is 0.508 e. The van der Waals surface area contributed by atoms with Crippen LogP contribution in [0, 0.1) is 12.8 Å². The number of fused-ring (bicyclic) bond motifs is 3. The molecule has 1 unspecified atom stereocenters. The molecule has 2 aliphatic carbocycles. The van der Waals surface area contributed by atoms with E-state index in [1.807, 2.05) is 26.0 Å². The third-order valence-corrected chi connectivity index (χ3v) is 12.5. The average Bonchev–Trinajstić information content (AvgIpc) is 3.91. The lowest BCUT2D eigenvalue weighted by atomic mass is 10.1. The van der Waals surface area contributed by atoms with Crippen molar-refractivity contribution in [2.75, 3.05) is 6.54 Å². The van der Waals surface area contributed by atoms with E-state index in [1.54, 1.807) is 32.0 Å². The number of ether oxygens (including phenoxy) is 2. The second-order valence-corrected chi connectivity index (χ2v) is 16.7. The smallest absolute Gasteiger partial charge is 0.259 e. The van der Waals surface area contributed by atoms with Gasteiger partial charge in [0.25, 0.3) is 5.91 Å². The quantitative estimate of drug-likeness (QED) is 0.313. The number of sulfonamides is 1. The highest BCUT2D eigenvalue weighted by Gasteiger charge is 2.63. The molecule has 0 spiro atoms. The predicted molar refractivity (Wildman–Crippen MR) is 182 cm³/mol. The molecule has 3 heterocycles. The molecule has 14 heteroatoms. The molecule has 1 aromatic carbocycles. The second-order valence-electron chi connectivity index (χ2n) is 14.5. The van der Waals surface area contributed by atoms with Crippen LogP contribution in [-0.2, 0) is 24.4 Å². The van der Waals surface area contributed by atoms with Gasteiger partial charge in [0.05, 0.1) is 29.0 Å². The third-order valence-electron chi connectivity index (χ3n) is 10.3. The number of aromatic nitrogens is 1. The van der Waals surface area contributed by atoms with E-state index in [-0.39, 0.29) is 31.2 Å². The van der Waals surface area contributed by atoms with Gasteiger partial charge in [-0.2, -0.15) is 0 Å². The van der Waals surface area contributed by atoms with E-state index in [1.165, 1.54) is 4.90 Å². The van der Waals surface area contributed by atoms with Crippen molar-refractivity contribution < 1.29 is 37.4 Å². The highest BCUT2D eigenvalue weighted by atomic mass is 32.2. The lowest BCUT2D eigenvalue weighted by Crippen LogP contribution is -2.58. The Morgan fingerprint density at radius 2 is 1.96 bits per heavy atom. The first-order valence-corrected chi connectivity index (χ1v) is 18.7. The summed E-state index contributed by atoms with van der Waals surface area (Å²) >= 11 is 0. The minimum Gasteiger partial charge on any atom is -0.508 e. The van der Waals surface area contributed by atoms with Gasteiger partial charge in [0, 0.05) is 29.4 Å². The number of amides is 3. The summed E-state index contributed by atoms with van der Waals surface area (Å²) in [5.41, 5.74) is 5.97. The Bertz CT molecular complexity index is 1790. The summed E-state index contributed by atoms with van der Waals surface area (Å²) in [7, 11) is -3.95. The average molecular weight is 698 g/mol. The van der Waals surface area contributed by atoms with Crippen LogP contribution in [0.25, 0.3) is 10.9 Å². The summed E-state index contributed by atoms with van der Waals surface area (Å²) < 4.78 is 39.7. The lowest BCUT2D eigenvalue weighted by Gasteiger charge is -2.28. The van der Waals surface area contributed by atoms with E-state index in [4.69, 9.17) is 15.2 Å². The normalized spacial score (nSPS) is 29.2. The van der Waals surface area contributed by atoms with Crippen LogP contribution in [-0.4, -0.2) is 82.3 Å². The van der Waals surface area contributed by atoms with Crippen LogP contribution in [0.5, 0.6) is 17.4 Å². The van der Waals surface area contributed by atoms with Gasteiger partial charge in [-0.1, -0.05) is 25.0 Å². The summed E-state index contributed by atoms with van der Waals surface area (Å²) in [5, 5.41) is 13.9. The minimum atomic E-state index is -3.95. The fraction of sp³-hybridized carbons (Fsp3) is 0.600. The number of nitrogens with one attached hydrogen (secondary N) is 2. The van der Waals surface area contributed by atoms with Crippen LogP contribution in [0.2, 0.25) is 0 Å². The number of carbonyl (C=O) groups is 3. The Morgan fingerprint density at radius 3 is 2.67 bits per heavy atom. The van der Waals surface area contributed by atoms with Crippen LogP contribution in [0.3, 0.4) is 0 Å². The first-order chi connectivity index (χ1) is 23.1. The topological polar surface area (TPSA) is 190 Å². The van der Waals surface area contributed by atoms with E-state index in [0.717, 1.165) is 25.7 Å². The van der Waals surface area contributed by atoms with Gasteiger partial charge in [0.15, 0.2) is 0 Å². The van der Waals surface area contributed by atoms with Gasteiger partial charge >= 0.3 is 0 Å². The molecule has 49 heavy (non-hydrogen) atoms. The molecule has 2 aliphatic heterocycles. The Morgan fingerprint density at radius 1 is 1.20 bits per heavy atom. The number of phenolic OH excluding ortho intramolecular Hbond substituents is 1. The predicted octanol–water partition coefficient (Wildman–Crippen LogP) is 3.11. The highest BCUT2D eigenvalue weighted by Crippen LogP contribution is 2.47. The van der Waals surface area contributed by atoms with Gasteiger partial charge in [-0.25, -0.2) is 13.4 Å². The molecule has 2 aromatic rings. The molecule has 266 valence electrons. The molecule has 1 saturated heterocycles. The fourth-order valence-corrected chi connectivity index (χ4v) is 8.10. The number of nitrogens with zero attached hydrogens (tertiary/aromatic N) is 2. The standard InChI is InChI=1S/C35H47N5O8S/c1-20(2)47-29-17-28(24-12-13-27(41)21(3)30(24)37-29)48-23-16-26-31(42)38-35(33(44)39-49(45,46)34(4)14-15-34)18-22(35)10-8-6-5-7-9-11-25(36)32(43)40(26)19-23/h8,10,12-13,17,20,22-23,25-26,41H,5-7,9,11,14-16,18-19,36H2,1-4H3,(H,38,42)(H,39,44)/b10-8-/t22?,23-,25+,26+,35-/m1/s1. The molecule has 4 aliphatic rings. The molecule has 0 radical (unpaired) electrons. The van der Waals surface area contributed by atoms with Crippen molar-refractivity contribution in [3.05, 3.63) is 35.9 Å². The minimum absolute atomic E-state index is 0.0567. The summed E-state index contributed by atoms with van der Waals surface area (Å²) in [4.78, 5) is 47.7. The first-order valence-electron chi connectivity index (χ1n) is 17.2. The summed E-state index contributed by atoms with van der Waals surface area (Å²) in [6.45, 7) is 7.13. The van der Waals surface area contributed by atoms with Crippen molar-refractivity contribution in [1.82, 2.24) is 19.9 Å². The number of pyridine rings is 1. The van der Waals surface area contributed by atoms with Gasteiger partial charge < -0.3 is 30.5 Å². The van der Waals surface area contributed by atoms with Crippen molar-refractivity contribution in [3.8, 4) is 17.4 Å². The number of nitrogens with two attached hydrogens (primary N) is 1. The molecule has 3 fully saturated rings. The van der Waals surface area contributed by atoms with Gasteiger partial charge in [0.2, 0.25) is 27.7 Å². The maximum absolute atomic E-state index is 14.2. The zero-order chi connectivity index (χ0) is 35.3. The lowest BCUT2D eigenvalue weighted by molar-refractivity contribution is -0.140. The van der Waals surface area contributed by atoms with E-state index < -0.39 is 62.1 Å². The van der Waals surface area contributed by atoms with Crippen molar-refractivity contribution in [1.29, 1.82) is 0 Å². The number of carbonyl (C=O) groups excluding carboxylic acids is 3. The molecule has 6 rings (SSSR count). The zero-order valence-corrected chi connectivity index (χ0v) is 29.3. The Hall–Kier alpha value is -3.91. The monoisotopic (exact) mass is 697 g/mol. The number of hydrogen-bond acceptors (Lipinski definition) is 10. The SMILES string of the molecule is Cc1c(O)ccc2c(O[C@@H]3C[C@H]4C(=O)N[C@]5(C(=O)NS(=O)(=O)C6(C)CC6)CC5/C=C\CCCCC[C@H](N)C(=O)N4C3)cc(OC(C)C)nc12. The number of hydrogen-bond donors (Lipinski definition) is 4. The summed E-state index contributed by atoms with van der Waals surface area (Å²) in [5.74, 6) is -1.36. The second kappa shape index (κ2) is 13.1. The molecular formula is C35H47N5O8S.